The van der Waals surface area contributed by atoms with Gasteiger partial charge in [-0.1, -0.05) is 0 Å². The zero-order chi connectivity index (χ0) is 11.3. The summed E-state index contributed by atoms with van der Waals surface area (Å²) < 4.78 is 4.65. The second kappa shape index (κ2) is 5.44. The molecule has 0 N–H and O–H groups in total. The van der Waals surface area contributed by atoms with E-state index in [-0.39, 0.29) is 30.1 Å². The van der Waals surface area contributed by atoms with Crippen molar-refractivity contribution in [2.24, 2.45) is 11.8 Å². The lowest BCUT2D eigenvalue weighted by Gasteiger charge is -2.24. The van der Waals surface area contributed by atoms with E-state index in [2.05, 4.69) is 9.71 Å². The fourth-order valence-corrected chi connectivity index (χ4v) is 2.02. The minimum Gasteiger partial charge on any atom is -0.469 e. The maximum Gasteiger partial charge on any atom is 0.362 e. The summed E-state index contributed by atoms with van der Waals surface area (Å²) in [5.41, 5.74) is 0. The van der Waals surface area contributed by atoms with Crippen molar-refractivity contribution in [1.29, 1.82) is 5.39 Å². The zero-order valence-corrected chi connectivity index (χ0v) is 8.81. The fourth-order valence-electron chi connectivity index (χ4n) is 2.02. The van der Waals surface area contributed by atoms with Crippen LogP contribution in [0.2, 0.25) is 0 Å². The maximum absolute atomic E-state index is 11.4. The van der Waals surface area contributed by atoms with Gasteiger partial charge in [0.25, 0.3) is 0 Å². The Balaban J connectivity index is 2.39. The first-order valence-electron chi connectivity index (χ1n) is 5.10. The molecular formula is C10H15N2O3+. The highest BCUT2D eigenvalue weighted by atomic mass is 16.5. The highest BCUT2D eigenvalue weighted by molar-refractivity contribution is 5.84. The molecule has 82 valence electrons. The molecule has 1 aliphatic carbocycles. The van der Waals surface area contributed by atoms with Crippen LogP contribution in [0.15, 0.2) is 0 Å². The monoisotopic (exact) mass is 211 g/mol. The van der Waals surface area contributed by atoms with Crippen LogP contribution in [0.1, 0.15) is 25.7 Å². The number of rotatable bonds is 3. The van der Waals surface area contributed by atoms with E-state index < -0.39 is 0 Å². The minimum absolute atomic E-state index is 0.0409. The van der Waals surface area contributed by atoms with E-state index in [4.69, 9.17) is 5.39 Å². The number of nitrogens with zero attached hydrogens (tertiary/aromatic N) is 2. The number of hydrogen-bond acceptors (Lipinski definition) is 4. The van der Waals surface area contributed by atoms with Gasteiger partial charge in [0.05, 0.1) is 13.0 Å². The van der Waals surface area contributed by atoms with Crippen LogP contribution in [-0.4, -0.2) is 25.4 Å². The van der Waals surface area contributed by atoms with Gasteiger partial charge in [0, 0.05) is 5.92 Å². The van der Waals surface area contributed by atoms with Gasteiger partial charge in [-0.25, -0.2) is 0 Å². The SMILES string of the molecule is COC(=O)C1CCC(C(=O)C[N+]#N)CC1. The minimum atomic E-state index is -0.187. The van der Waals surface area contributed by atoms with Crippen molar-refractivity contribution in [3.8, 4) is 0 Å². The third-order valence-electron chi connectivity index (χ3n) is 2.94. The summed E-state index contributed by atoms with van der Waals surface area (Å²) in [6.07, 6.45) is 2.76. The van der Waals surface area contributed by atoms with Gasteiger partial charge in [0.15, 0.2) is 0 Å². The van der Waals surface area contributed by atoms with E-state index in [1.54, 1.807) is 0 Å². The van der Waals surface area contributed by atoms with Crippen molar-refractivity contribution in [2.45, 2.75) is 25.7 Å². The normalized spacial score (nSPS) is 25.3. The molecule has 0 aromatic carbocycles. The predicted molar refractivity (Wildman–Crippen MR) is 52.4 cm³/mol. The molecule has 15 heavy (non-hydrogen) atoms. The van der Waals surface area contributed by atoms with Crippen LogP contribution < -0.4 is 0 Å². The standard InChI is InChI=1S/C10H15N2O3/c1-15-10(14)8-4-2-7(3-5-8)9(13)6-12-11/h7-8H,2-6H2,1H3/q+1. The Kier molecular flexibility index (Phi) is 4.22. The van der Waals surface area contributed by atoms with Crippen molar-refractivity contribution in [2.75, 3.05) is 13.7 Å². The predicted octanol–water partition coefficient (Wildman–Crippen LogP) is 1.39. The molecule has 5 nitrogen and oxygen atoms in total. The van der Waals surface area contributed by atoms with Crippen LogP contribution in [-0.2, 0) is 14.3 Å². The van der Waals surface area contributed by atoms with Gasteiger partial charge in [0.1, 0.15) is 4.98 Å². The Bertz CT molecular complexity index is 288. The molecule has 0 bridgehead atoms. The molecule has 0 aromatic heterocycles. The molecule has 1 fully saturated rings. The molecule has 0 heterocycles. The van der Waals surface area contributed by atoms with Gasteiger partial charge in [-0.15, -0.1) is 0 Å². The van der Waals surface area contributed by atoms with Crippen LogP contribution in [0.25, 0.3) is 4.98 Å². The first-order chi connectivity index (χ1) is 7.19. The van der Waals surface area contributed by atoms with Crippen molar-refractivity contribution in [1.82, 2.24) is 0 Å². The van der Waals surface area contributed by atoms with Crippen LogP contribution in [0.5, 0.6) is 0 Å². The summed E-state index contributed by atoms with van der Waals surface area (Å²) in [4.78, 5) is 25.4. The number of esters is 1. The summed E-state index contributed by atoms with van der Waals surface area (Å²) >= 11 is 0. The summed E-state index contributed by atoms with van der Waals surface area (Å²) in [5, 5.41) is 8.28. The largest absolute Gasteiger partial charge is 0.469 e. The molecule has 0 amide bonds. The summed E-state index contributed by atoms with van der Waals surface area (Å²) in [6, 6.07) is 0. The number of carbonyl (C=O) groups is 2. The number of Topliss-reactive ketones (excluding diaryl/α,β-unsaturated/α-hetero) is 1. The Hall–Kier alpha value is -1.44. The van der Waals surface area contributed by atoms with Gasteiger partial charge in [-0.3, -0.25) is 9.59 Å². The number of diazo groups is 1. The molecule has 0 saturated heterocycles. The Morgan fingerprint density at radius 2 is 1.80 bits per heavy atom. The van der Waals surface area contributed by atoms with Crippen LogP contribution >= 0.6 is 0 Å². The molecule has 0 atom stereocenters. The average molecular weight is 211 g/mol. The molecule has 1 aliphatic rings. The number of ether oxygens (including phenoxy) is 1. The lowest BCUT2D eigenvalue weighted by Crippen LogP contribution is -2.27. The zero-order valence-electron chi connectivity index (χ0n) is 8.81. The first-order valence-corrected chi connectivity index (χ1v) is 5.10. The molecule has 1 saturated carbocycles. The van der Waals surface area contributed by atoms with Gasteiger partial charge in [-0.2, -0.15) is 0 Å². The van der Waals surface area contributed by atoms with Crippen molar-refractivity contribution in [3.63, 3.8) is 0 Å². The van der Waals surface area contributed by atoms with E-state index in [0.717, 1.165) is 0 Å². The van der Waals surface area contributed by atoms with Gasteiger partial charge >= 0.3 is 12.5 Å². The smallest absolute Gasteiger partial charge is 0.362 e. The van der Waals surface area contributed by atoms with E-state index in [0.29, 0.717) is 25.7 Å². The number of methoxy groups -OCH3 is 1. The van der Waals surface area contributed by atoms with Crippen molar-refractivity contribution >= 4 is 11.8 Å². The van der Waals surface area contributed by atoms with Crippen molar-refractivity contribution in [3.05, 3.63) is 4.98 Å². The topological polar surface area (TPSA) is 71.5 Å². The van der Waals surface area contributed by atoms with Crippen LogP contribution in [0, 0.1) is 17.2 Å². The number of ketones is 1. The highest BCUT2D eigenvalue weighted by Crippen LogP contribution is 2.30. The maximum atomic E-state index is 11.4. The average Bonchev–Trinajstić information content (AvgIpc) is 2.28. The quantitative estimate of drug-likeness (QED) is 0.522. The summed E-state index contributed by atoms with van der Waals surface area (Å²) in [5.74, 6) is -0.347. The summed E-state index contributed by atoms with van der Waals surface area (Å²) in [6.45, 7) is -0.131. The summed E-state index contributed by atoms with van der Waals surface area (Å²) in [7, 11) is 1.38. The first kappa shape index (κ1) is 11.6. The molecule has 0 spiro atoms. The lowest BCUT2D eigenvalue weighted by atomic mass is 9.80. The third-order valence-corrected chi connectivity index (χ3v) is 2.94. The van der Waals surface area contributed by atoms with Gasteiger partial charge in [0.2, 0.25) is 11.2 Å². The molecule has 0 unspecified atom stereocenters. The molecule has 0 aromatic rings. The second-order valence-corrected chi connectivity index (χ2v) is 3.84. The number of hydrogen-bond donors (Lipinski definition) is 0. The molecule has 1 rings (SSSR count). The van der Waals surface area contributed by atoms with Crippen LogP contribution in [0.4, 0.5) is 0 Å². The fraction of sp³-hybridized carbons (Fsp3) is 0.800. The third kappa shape index (κ3) is 3.01. The van der Waals surface area contributed by atoms with E-state index >= 15 is 0 Å². The van der Waals surface area contributed by atoms with E-state index in [1.165, 1.54) is 7.11 Å². The van der Waals surface area contributed by atoms with Crippen molar-refractivity contribution < 1.29 is 14.3 Å². The van der Waals surface area contributed by atoms with E-state index in [9.17, 15) is 9.59 Å². The second-order valence-electron chi connectivity index (χ2n) is 3.84. The highest BCUT2D eigenvalue weighted by Gasteiger charge is 2.32. The van der Waals surface area contributed by atoms with Crippen LogP contribution in [0.3, 0.4) is 0 Å². The molecule has 0 radical (unpaired) electrons. The molecule has 5 heteroatoms. The van der Waals surface area contributed by atoms with Gasteiger partial charge < -0.3 is 4.74 Å². The van der Waals surface area contributed by atoms with Gasteiger partial charge in [-0.05, 0) is 25.7 Å². The Morgan fingerprint density at radius 3 is 2.27 bits per heavy atom. The molecular weight excluding hydrogens is 196 g/mol. The van der Waals surface area contributed by atoms with E-state index in [1.807, 2.05) is 0 Å². The Labute approximate surface area is 88.4 Å². The number of carbonyl (C=O) groups excluding carboxylic acids is 2. The molecule has 0 aliphatic heterocycles. The lowest BCUT2D eigenvalue weighted by molar-refractivity contribution is -0.147. The Morgan fingerprint density at radius 1 is 1.27 bits per heavy atom.